The molecule has 6 rings (SSSR count). The van der Waals surface area contributed by atoms with Crippen molar-refractivity contribution in [1.82, 2.24) is 0 Å². The van der Waals surface area contributed by atoms with Gasteiger partial charge in [-0.05, 0) is 81.8 Å². The van der Waals surface area contributed by atoms with E-state index in [0.29, 0.717) is 19.4 Å². The maximum atomic E-state index is 12.8. The fourth-order valence-corrected chi connectivity index (χ4v) is 11.7. The molecule has 0 aromatic heterocycles. The second-order valence-electron chi connectivity index (χ2n) is 19.1. The number of benzene rings is 1. The highest BCUT2D eigenvalue weighted by Crippen LogP contribution is 2.55. The van der Waals surface area contributed by atoms with E-state index >= 15 is 0 Å². The molecule has 58 heavy (non-hydrogen) atoms. The van der Waals surface area contributed by atoms with E-state index < -0.39 is 34.8 Å². The number of esters is 1. The van der Waals surface area contributed by atoms with Crippen molar-refractivity contribution in [2.45, 2.75) is 192 Å². The summed E-state index contributed by atoms with van der Waals surface area (Å²) in [7, 11) is 4.69. The third-order valence-corrected chi connectivity index (χ3v) is 15.4. The molecule has 1 aromatic rings. The Bertz CT molecular complexity index is 1500. The van der Waals surface area contributed by atoms with Gasteiger partial charge in [0.1, 0.15) is 0 Å². The van der Waals surface area contributed by atoms with Crippen LogP contribution in [0.1, 0.15) is 125 Å². The molecular formula is C47H76O11. The molecule has 5 fully saturated rings. The van der Waals surface area contributed by atoms with Crippen LogP contribution in [0, 0.1) is 35.5 Å². The minimum Gasteiger partial charge on any atom is -0.469 e. The van der Waals surface area contributed by atoms with E-state index in [1.165, 1.54) is 12.7 Å². The van der Waals surface area contributed by atoms with Crippen LogP contribution in [-0.2, 0) is 60.5 Å². The van der Waals surface area contributed by atoms with Crippen molar-refractivity contribution in [2.24, 2.45) is 35.5 Å². The SMILES string of the molecule is CCc1ccc(CO[C@H]2C[C@]3(CC[C@@](C)([C@H]4CC[C@@](CC)([C@@H]5O[C@@H]([C@H]6O[C@](CO)(OC)[C@H](C)C[C@@H]6C)C[C@@H]5C)O4)O3)O[C@H]([C@@H](C)[C@@H](OC)[C@H](C)C(=O)OC)[C@@H]2C)cc1. The van der Waals surface area contributed by atoms with Gasteiger partial charge in [-0.3, -0.25) is 4.79 Å². The molecule has 5 aliphatic rings. The molecule has 0 amide bonds. The third-order valence-electron chi connectivity index (χ3n) is 15.4. The van der Waals surface area contributed by atoms with Crippen LogP contribution < -0.4 is 0 Å². The van der Waals surface area contributed by atoms with Crippen LogP contribution in [0.2, 0.25) is 0 Å². The van der Waals surface area contributed by atoms with Gasteiger partial charge in [0.05, 0.1) is 80.2 Å². The maximum absolute atomic E-state index is 12.8. The van der Waals surface area contributed by atoms with E-state index in [4.69, 9.17) is 42.6 Å². The van der Waals surface area contributed by atoms with Gasteiger partial charge in [-0.2, -0.15) is 0 Å². The Morgan fingerprint density at radius 1 is 0.931 bits per heavy atom. The molecule has 0 saturated carbocycles. The summed E-state index contributed by atoms with van der Waals surface area (Å²) in [6.07, 6.45) is 5.93. The van der Waals surface area contributed by atoms with Gasteiger partial charge in [0.15, 0.2) is 11.6 Å². The Kier molecular flexibility index (Phi) is 14.5. The van der Waals surface area contributed by atoms with Crippen LogP contribution in [0.3, 0.4) is 0 Å². The van der Waals surface area contributed by atoms with Gasteiger partial charge >= 0.3 is 5.97 Å². The van der Waals surface area contributed by atoms with Gasteiger partial charge in [0.2, 0.25) is 0 Å². The Labute approximate surface area is 348 Å². The summed E-state index contributed by atoms with van der Waals surface area (Å²) in [4.78, 5) is 12.8. The number of carbonyl (C=O) groups is 1. The van der Waals surface area contributed by atoms with Crippen LogP contribution >= 0.6 is 0 Å². The lowest BCUT2D eigenvalue weighted by Crippen LogP contribution is -2.57. The summed E-state index contributed by atoms with van der Waals surface area (Å²) in [5, 5.41) is 10.3. The molecule has 0 radical (unpaired) electrons. The lowest BCUT2D eigenvalue weighted by molar-refractivity contribution is -0.340. The monoisotopic (exact) mass is 817 g/mol. The second kappa shape index (κ2) is 18.4. The van der Waals surface area contributed by atoms with Crippen molar-refractivity contribution in [2.75, 3.05) is 27.9 Å². The lowest BCUT2D eigenvalue weighted by atomic mass is 9.78. The zero-order valence-electron chi connectivity index (χ0n) is 37.6. The van der Waals surface area contributed by atoms with Crippen molar-refractivity contribution in [3.8, 4) is 0 Å². The van der Waals surface area contributed by atoms with Gasteiger partial charge in [-0.1, -0.05) is 72.7 Å². The normalized spacial score (nSPS) is 43.4. The second-order valence-corrected chi connectivity index (χ2v) is 19.1. The predicted molar refractivity (Wildman–Crippen MR) is 220 cm³/mol. The van der Waals surface area contributed by atoms with Crippen LogP contribution in [0.25, 0.3) is 0 Å². The summed E-state index contributed by atoms with van der Waals surface area (Å²) >= 11 is 0. The van der Waals surface area contributed by atoms with Crippen molar-refractivity contribution < 1.29 is 52.5 Å². The highest BCUT2D eigenvalue weighted by Gasteiger charge is 2.62. The molecule has 5 saturated heterocycles. The number of carbonyl (C=O) groups excluding carboxylic acids is 1. The summed E-state index contributed by atoms with van der Waals surface area (Å²) < 4.78 is 59.2. The molecule has 17 atom stereocenters. The minimum atomic E-state index is -1.02. The number of aliphatic hydroxyl groups is 1. The van der Waals surface area contributed by atoms with E-state index in [-0.39, 0.29) is 78.8 Å². The predicted octanol–water partition coefficient (Wildman–Crippen LogP) is 7.80. The first-order valence-electron chi connectivity index (χ1n) is 22.4. The molecule has 5 aliphatic heterocycles. The largest absolute Gasteiger partial charge is 0.469 e. The Balaban J connectivity index is 1.20. The topological polar surface area (TPSA) is 120 Å². The summed E-state index contributed by atoms with van der Waals surface area (Å²) in [6.45, 7) is 19.6. The highest BCUT2D eigenvalue weighted by atomic mass is 16.7. The number of rotatable bonds is 15. The number of aliphatic hydroxyl groups excluding tert-OH is 1. The van der Waals surface area contributed by atoms with E-state index in [2.05, 4.69) is 79.7 Å². The fraction of sp³-hybridized carbons (Fsp3) is 0.851. The molecule has 11 heteroatoms. The molecule has 1 N–H and O–H groups in total. The van der Waals surface area contributed by atoms with Gasteiger partial charge in [0.25, 0.3) is 0 Å². The Hall–Kier alpha value is -1.67. The van der Waals surface area contributed by atoms with Crippen molar-refractivity contribution >= 4 is 5.97 Å². The van der Waals surface area contributed by atoms with Gasteiger partial charge in [-0.15, -0.1) is 0 Å². The highest BCUT2D eigenvalue weighted by molar-refractivity contribution is 5.72. The van der Waals surface area contributed by atoms with Gasteiger partial charge in [0, 0.05) is 44.8 Å². The molecule has 0 unspecified atom stereocenters. The van der Waals surface area contributed by atoms with Crippen LogP contribution in [0.4, 0.5) is 0 Å². The molecule has 5 heterocycles. The first-order valence-corrected chi connectivity index (χ1v) is 22.4. The molecular weight excluding hydrogens is 741 g/mol. The van der Waals surface area contributed by atoms with E-state index in [1.54, 1.807) is 14.2 Å². The summed E-state index contributed by atoms with van der Waals surface area (Å²) in [6, 6.07) is 8.65. The first kappa shape index (κ1) is 45.8. The maximum Gasteiger partial charge on any atom is 0.311 e. The van der Waals surface area contributed by atoms with Crippen molar-refractivity contribution in [3.63, 3.8) is 0 Å². The smallest absolute Gasteiger partial charge is 0.311 e. The number of hydrogen-bond acceptors (Lipinski definition) is 11. The van der Waals surface area contributed by atoms with Crippen LogP contribution in [-0.4, -0.2) is 105 Å². The number of aryl methyl sites for hydroxylation is 1. The molecule has 0 bridgehead atoms. The molecule has 11 nitrogen and oxygen atoms in total. The van der Waals surface area contributed by atoms with Crippen molar-refractivity contribution in [1.29, 1.82) is 0 Å². The minimum absolute atomic E-state index is 0.00316. The molecule has 0 aliphatic carbocycles. The van der Waals surface area contributed by atoms with E-state index in [1.807, 2.05) is 6.92 Å². The summed E-state index contributed by atoms with van der Waals surface area (Å²) in [5.74, 6) is -2.26. The van der Waals surface area contributed by atoms with Crippen LogP contribution in [0.15, 0.2) is 24.3 Å². The standard InChI is InChI=1S/C47H76O11/c1-13-34-15-17-35(18-16-34)26-53-37-25-46(56-41(31(37)6)32(7)40(50-10)33(8)43(49)51-11)22-21-44(9,58-46)38-19-20-45(14-2,55-38)42-29(4)24-36(54-42)39-28(3)23-30(5)47(27-48,52-12)57-39/h15-18,28-33,36-42,48H,13-14,19-27H2,1-12H3/t28-,29-,30+,31+,32-,33-,36+,37-,38+,39-,40+,41-,42+,44-,45-,46+,47-/m0/s1. The number of ether oxygens (including phenoxy) is 9. The lowest BCUT2D eigenvalue weighted by Gasteiger charge is -2.50. The Morgan fingerprint density at radius 2 is 1.64 bits per heavy atom. The molecule has 330 valence electrons. The number of hydrogen-bond donors (Lipinski definition) is 1. The number of methoxy groups -OCH3 is 3. The zero-order chi connectivity index (χ0) is 42.2. The average Bonchev–Trinajstić information content (AvgIpc) is 3.94. The molecule has 1 aromatic carbocycles. The van der Waals surface area contributed by atoms with Crippen molar-refractivity contribution in [3.05, 3.63) is 35.4 Å². The van der Waals surface area contributed by atoms with E-state index in [9.17, 15) is 9.90 Å². The zero-order valence-corrected chi connectivity index (χ0v) is 37.6. The van der Waals surface area contributed by atoms with Crippen LogP contribution in [0.5, 0.6) is 0 Å². The van der Waals surface area contributed by atoms with Gasteiger partial charge in [-0.25, -0.2) is 0 Å². The fourth-order valence-electron chi connectivity index (χ4n) is 11.7. The average molecular weight is 817 g/mol. The Morgan fingerprint density at radius 3 is 2.26 bits per heavy atom. The van der Waals surface area contributed by atoms with E-state index in [0.717, 1.165) is 50.5 Å². The first-order chi connectivity index (χ1) is 27.6. The van der Waals surface area contributed by atoms with Gasteiger partial charge < -0.3 is 47.7 Å². The summed E-state index contributed by atoms with van der Waals surface area (Å²) in [5.41, 5.74) is 1.37. The molecule has 1 spiro atoms. The quantitative estimate of drug-likeness (QED) is 0.175. The third kappa shape index (κ3) is 8.69.